The van der Waals surface area contributed by atoms with E-state index in [0.717, 1.165) is 28.9 Å². The summed E-state index contributed by atoms with van der Waals surface area (Å²) in [4.78, 5) is 29.7. The molecule has 3 aromatic rings. The molecule has 0 aliphatic carbocycles. The summed E-state index contributed by atoms with van der Waals surface area (Å²) in [6.45, 7) is 5.71. The van der Waals surface area contributed by atoms with Crippen LogP contribution in [0.4, 0.5) is 26.7 Å². The minimum absolute atomic E-state index is 0.0834. The van der Waals surface area contributed by atoms with E-state index < -0.39 is 0 Å². The van der Waals surface area contributed by atoms with Gasteiger partial charge in [0.2, 0.25) is 0 Å². The molecule has 2 N–H and O–H groups in total. The number of carbonyl (C=O) groups is 2. The number of benzene rings is 3. The standard InChI is InChI=1S/C27H30N4O3/c1-19-8-11-22(12-9-19)28-26(32)29-24-16-20(2)10-13-25(24)31-15-5-14-30(27(31)33)18-21-6-4-7-23(17-21)34-3/h4,6-13,16-17H,5,14-15,18H2,1-3H3,(H2,28,29,32). The van der Waals surface area contributed by atoms with Crippen LogP contribution in [0.3, 0.4) is 0 Å². The molecule has 0 atom stereocenters. The summed E-state index contributed by atoms with van der Waals surface area (Å²) in [6.07, 6.45) is 0.832. The molecular weight excluding hydrogens is 428 g/mol. The van der Waals surface area contributed by atoms with Crippen LogP contribution in [0.2, 0.25) is 0 Å². The Bertz CT molecular complexity index is 1180. The molecule has 7 nitrogen and oxygen atoms in total. The van der Waals surface area contributed by atoms with Crippen LogP contribution in [0.5, 0.6) is 5.75 Å². The van der Waals surface area contributed by atoms with Crippen LogP contribution in [0.25, 0.3) is 0 Å². The van der Waals surface area contributed by atoms with Crippen molar-refractivity contribution >= 4 is 29.1 Å². The number of anilines is 3. The largest absolute Gasteiger partial charge is 0.497 e. The van der Waals surface area contributed by atoms with E-state index in [1.165, 1.54) is 0 Å². The summed E-state index contributed by atoms with van der Waals surface area (Å²) in [6, 6.07) is 20.6. The predicted molar refractivity (Wildman–Crippen MR) is 136 cm³/mol. The molecule has 34 heavy (non-hydrogen) atoms. The fourth-order valence-corrected chi connectivity index (χ4v) is 4.05. The number of nitrogens with zero attached hydrogens (tertiary/aromatic N) is 2. The summed E-state index contributed by atoms with van der Waals surface area (Å²) in [5.41, 5.74) is 5.11. The van der Waals surface area contributed by atoms with Crippen LogP contribution < -0.4 is 20.3 Å². The number of amides is 4. The number of nitrogens with one attached hydrogen (secondary N) is 2. The van der Waals surface area contributed by atoms with Gasteiger partial charge in [0.1, 0.15) is 5.75 Å². The number of aryl methyl sites for hydroxylation is 2. The second-order valence-corrected chi connectivity index (χ2v) is 8.53. The van der Waals surface area contributed by atoms with Gasteiger partial charge in [0, 0.05) is 25.3 Å². The Morgan fingerprint density at radius 2 is 1.71 bits per heavy atom. The number of ether oxygens (including phenoxy) is 1. The zero-order valence-electron chi connectivity index (χ0n) is 19.8. The molecule has 4 rings (SSSR count). The van der Waals surface area contributed by atoms with Gasteiger partial charge in [-0.1, -0.05) is 35.9 Å². The molecule has 7 heteroatoms. The summed E-state index contributed by atoms with van der Waals surface area (Å²) in [5, 5.41) is 5.79. The van der Waals surface area contributed by atoms with Crippen LogP contribution in [0.1, 0.15) is 23.1 Å². The van der Waals surface area contributed by atoms with Gasteiger partial charge < -0.3 is 20.3 Å². The summed E-state index contributed by atoms with van der Waals surface area (Å²) < 4.78 is 5.31. The predicted octanol–water partition coefficient (Wildman–Crippen LogP) is 5.79. The van der Waals surface area contributed by atoms with Crippen LogP contribution >= 0.6 is 0 Å². The number of hydrogen-bond acceptors (Lipinski definition) is 3. The van der Waals surface area contributed by atoms with Crippen molar-refractivity contribution in [3.8, 4) is 5.75 Å². The van der Waals surface area contributed by atoms with Gasteiger partial charge in [-0.25, -0.2) is 9.59 Å². The Morgan fingerprint density at radius 1 is 0.941 bits per heavy atom. The quantitative estimate of drug-likeness (QED) is 0.491. The summed E-state index contributed by atoms with van der Waals surface area (Å²) in [5.74, 6) is 0.767. The first-order chi connectivity index (χ1) is 16.4. The van der Waals surface area contributed by atoms with E-state index in [4.69, 9.17) is 4.74 Å². The molecule has 0 bridgehead atoms. The molecule has 0 radical (unpaired) electrons. The molecule has 4 amide bonds. The minimum Gasteiger partial charge on any atom is -0.497 e. The molecule has 0 unspecified atom stereocenters. The molecular formula is C27H30N4O3. The zero-order valence-corrected chi connectivity index (χ0v) is 19.8. The first-order valence-electron chi connectivity index (χ1n) is 11.4. The van der Waals surface area contributed by atoms with Gasteiger partial charge in [-0.3, -0.25) is 4.90 Å². The maximum Gasteiger partial charge on any atom is 0.324 e. The van der Waals surface area contributed by atoms with Crippen molar-refractivity contribution < 1.29 is 14.3 Å². The third-order valence-corrected chi connectivity index (χ3v) is 5.82. The topological polar surface area (TPSA) is 73.9 Å². The first kappa shape index (κ1) is 23.2. The number of hydrogen-bond donors (Lipinski definition) is 2. The highest BCUT2D eigenvalue weighted by atomic mass is 16.5. The maximum atomic E-state index is 13.4. The Labute approximate surface area is 200 Å². The molecule has 1 aliphatic heterocycles. The van der Waals surface area contributed by atoms with Crippen LogP contribution in [-0.4, -0.2) is 37.2 Å². The van der Waals surface area contributed by atoms with E-state index in [1.54, 1.807) is 12.0 Å². The van der Waals surface area contributed by atoms with Gasteiger partial charge in [-0.15, -0.1) is 0 Å². The SMILES string of the molecule is COc1cccc(CN2CCCN(c3ccc(C)cc3NC(=O)Nc3ccc(C)cc3)C2=O)c1. The van der Waals surface area contributed by atoms with E-state index >= 15 is 0 Å². The maximum absolute atomic E-state index is 13.4. The second kappa shape index (κ2) is 10.3. The molecule has 0 saturated carbocycles. The van der Waals surface area contributed by atoms with Crippen molar-refractivity contribution in [3.63, 3.8) is 0 Å². The first-order valence-corrected chi connectivity index (χ1v) is 11.4. The molecule has 0 aromatic heterocycles. The minimum atomic E-state index is -0.353. The van der Waals surface area contributed by atoms with Crippen molar-refractivity contribution in [2.75, 3.05) is 35.7 Å². The van der Waals surface area contributed by atoms with Gasteiger partial charge in [-0.2, -0.15) is 0 Å². The Hall–Kier alpha value is -4.00. The van der Waals surface area contributed by atoms with Crippen molar-refractivity contribution in [2.24, 2.45) is 0 Å². The fraction of sp³-hybridized carbons (Fsp3) is 0.259. The van der Waals surface area contributed by atoms with E-state index in [1.807, 2.05) is 85.5 Å². The lowest BCUT2D eigenvalue weighted by atomic mass is 10.1. The average Bonchev–Trinajstić information content (AvgIpc) is 2.82. The lowest BCUT2D eigenvalue weighted by Gasteiger charge is -2.36. The van der Waals surface area contributed by atoms with Crippen LogP contribution in [0.15, 0.2) is 66.7 Å². The molecule has 176 valence electrons. The lowest BCUT2D eigenvalue weighted by Crippen LogP contribution is -2.49. The van der Waals surface area contributed by atoms with Gasteiger partial charge in [-0.05, 0) is 67.8 Å². The van der Waals surface area contributed by atoms with Crippen molar-refractivity contribution in [3.05, 3.63) is 83.4 Å². The van der Waals surface area contributed by atoms with Gasteiger partial charge in [0.25, 0.3) is 0 Å². The van der Waals surface area contributed by atoms with Crippen molar-refractivity contribution in [1.82, 2.24) is 4.90 Å². The van der Waals surface area contributed by atoms with Crippen molar-refractivity contribution in [2.45, 2.75) is 26.8 Å². The van der Waals surface area contributed by atoms with E-state index in [2.05, 4.69) is 10.6 Å². The second-order valence-electron chi connectivity index (χ2n) is 8.53. The van der Waals surface area contributed by atoms with E-state index in [-0.39, 0.29) is 12.1 Å². The number of rotatable bonds is 6. The summed E-state index contributed by atoms with van der Waals surface area (Å²) >= 11 is 0. The van der Waals surface area contributed by atoms with Gasteiger partial charge >= 0.3 is 12.1 Å². The molecule has 1 aliphatic rings. The van der Waals surface area contributed by atoms with Crippen molar-refractivity contribution in [1.29, 1.82) is 0 Å². The highest BCUT2D eigenvalue weighted by Gasteiger charge is 2.28. The fourth-order valence-electron chi connectivity index (χ4n) is 4.05. The third-order valence-electron chi connectivity index (χ3n) is 5.82. The normalized spacial score (nSPS) is 13.6. The van der Waals surface area contributed by atoms with E-state index in [9.17, 15) is 9.59 Å². The van der Waals surface area contributed by atoms with Crippen LogP contribution in [0, 0.1) is 13.8 Å². The average molecular weight is 459 g/mol. The number of urea groups is 2. The lowest BCUT2D eigenvalue weighted by molar-refractivity contribution is 0.192. The molecule has 1 heterocycles. The van der Waals surface area contributed by atoms with Crippen LogP contribution in [-0.2, 0) is 6.54 Å². The molecule has 3 aromatic carbocycles. The highest BCUT2D eigenvalue weighted by molar-refractivity contribution is 6.04. The number of carbonyl (C=O) groups excluding carboxylic acids is 2. The Kier molecular flexibility index (Phi) is 7.01. The van der Waals surface area contributed by atoms with E-state index in [0.29, 0.717) is 36.7 Å². The number of methoxy groups -OCH3 is 1. The molecule has 0 spiro atoms. The molecule has 1 saturated heterocycles. The highest BCUT2D eigenvalue weighted by Crippen LogP contribution is 2.31. The Balaban J connectivity index is 1.51. The van der Waals surface area contributed by atoms with Gasteiger partial charge in [0.05, 0.1) is 18.5 Å². The molecule has 1 fully saturated rings. The van der Waals surface area contributed by atoms with Gasteiger partial charge in [0.15, 0.2) is 0 Å². The monoisotopic (exact) mass is 458 g/mol. The zero-order chi connectivity index (χ0) is 24.1. The Morgan fingerprint density at radius 3 is 2.47 bits per heavy atom. The smallest absolute Gasteiger partial charge is 0.324 e. The summed E-state index contributed by atoms with van der Waals surface area (Å²) in [7, 11) is 1.63. The third kappa shape index (κ3) is 5.49.